The van der Waals surface area contributed by atoms with Crippen LogP contribution in [0.2, 0.25) is 0 Å². The smallest absolute Gasteiger partial charge is 0.0465 e. The van der Waals surface area contributed by atoms with Crippen LogP contribution in [0.5, 0.6) is 0 Å². The summed E-state index contributed by atoms with van der Waals surface area (Å²) in [4.78, 5) is 0. The Morgan fingerprint density at radius 2 is 0.694 bits per heavy atom. The molecular weight excluding hydrogens is 574 g/mol. The quantitative estimate of drug-likeness (QED) is 0.250. The summed E-state index contributed by atoms with van der Waals surface area (Å²) in [5.74, 6) is 0. The third-order valence-corrected chi connectivity index (χ3v) is 4.18. The standard InChI is InChI=1S/2C4H8N2O2.2C4H7N2O2.2CH3.2Co/c4*1-3(5-7)4(2)6-8;;;;/h2*7-8H,1-2H3;2*5H,1-2H3;2*1H3;;/q;;4*-1;;/p-4/b2*5-3+,6-4+;2*4-3-;;;;. The molecule has 218 valence electrons. The van der Waals surface area contributed by atoms with E-state index in [-0.39, 0.29) is 60.5 Å². The van der Waals surface area contributed by atoms with Gasteiger partial charge < -0.3 is 56.3 Å². The summed E-state index contributed by atoms with van der Waals surface area (Å²) in [5, 5.41) is 88.7. The molecule has 0 rings (SSSR count). The third kappa shape index (κ3) is 26.0. The molecule has 0 aromatic rings. The number of rotatable bonds is 6. The fourth-order valence-electron chi connectivity index (χ4n) is 0.661. The van der Waals surface area contributed by atoms with E-state index in [0.717, 1.165) is 0 Å². The number of nitrogens with zero attached hydrogens (tertiary/aromatic N) is 6. The van der Waals surface area contributed by atoms with Crippen LogP contribution in [-0.4, -0.2) is 30.3 Å². The molecule has 2 N–H and O–H groups in total. The van der Waals surface area contributed by atoms with Crippen LogP contribution < -0.4 is 11.0 Å². The van der Waals surface area contributed by atoms with Crippen molar-refractivity contribution in [2.24, 2.45) is 20.6 Å². The zero-order chi connectivity index (χ0) is 28.0. The van der Waals surface area contributed by atoms with E-state index in [1.165, 1.54) is 55.4 Å². The monoisotopic (exact) mass is 606 g/mol. The van der Waals surface area contributed by atoms with Crippen LogP contribution in [0.1, 0.15) is 55.4 Å². The van der Waals surface area contributed by atoms with Crippen molar-refractivity contribution in [3.8, 4) is 0 Å². The van der Waals surface area contributed by atoms with Crippen molar-refractivity contribution in [1.82, 2.24) is 11.0 Å². The molecule has 16 nitrogen and oxygen atoms in total. The molecule has 0 saturated carbocycles. The molecule has 0 saturated heterocycles. The molecule has 0 aliphatic heterocycles. The van der Waals surface area contributed by atoms with Crippen LogP contribution in [0.4, 0.5) is 0 Å². The molecule has 0 aliphatic rings. The molecule has 36 heavy (non-hydrogen) atoms. The number of hydroxylamine groups is 4. The Kier molecular flexibility index (Phi) is 37.2. The summed E-state index contributed by atoms with van der Waals surface area (Å²) in [6.45, 7) is 11.7. The van der Waals surface area contributed by atoms with Gasteiger partial charge in [-0.25, -0.2) is 0 Å². The maximum atomic E-state index is 10.3. The summed E-state index contributed by atoms with van der Waals surface area (Å²) in [7, 11) is 0. The van der Waals surface area contributed by atoms with Crippen LogP contribution in [0.15, 0.2) is 43.4 Å². The molecular formula is C18H32Co2N8O8-8. The van der Waals surface area contributed by atoms with Crippen molar-refractivity contribution in [1.29, 1.82) is 0 Å². The topological polar surface area (TPSA) is 264 Å². The predicted octanol–water partition coefficient (Wildman–Crippen LogP) is 3.84. The van der Waals surface area contributed by atoms with Gasteiger partial charge in [0, 0.05) is 22.8 Å². The van der Waals surface area contributed by atoms with Crippen LogP contribution >= 0.6 is 0 Å². The molecule has 0 aromatic carbocycles. The zero-order valence-corrected chi connectivity index (χ0v) is 23.7. The van der Waals surface area contributed by atoms with Gasteiger partial charge in [0.05, 0.1) is 0 Å². The van der Waals surface area contributed by atoms with E-state index in [2.05, 4.69) is 51.7 Å². The second kappa shape index (κ2) is 28.6. The number of hydrogen-bond acceptors (Lipinski definition) is 14. The van der Waals surface area contributed by atoms with E-state index < -0.39 is 0 Å². The Balaban J connectivity index is -0.0000000819. The Labute approximate surface area is 227 Å². The van der Waals surface area contributed by atoms with Gasteiger partial charge in [0.25, 0.3) is 0 Å². The number of nitrogens with one attached hydrogen (secondary N) is 2. The van der Waals surface area contributed by atoms with E-state index in [1.54, 1.807) is 11.0 Å². The summed E-state index contributed by atoms with van der Waals surface area (Å²) in [6.07, 6.45) is 0. The number of allylic oxidation sites excluding steroid dienone is 4. The van der Waals surface area contributed by atoms with Crippen molar-refractivity contribution in [3.05, 3.63) is 79.3 Å². The molecule has 0 amide bonds. The largest absolute Gasteiger partial charge is 0.792 e. The minimum Gasteiger partial charge on any atom is -0.792 e. The maximum absolute atomic E-state index is 10.3. The third-order valence-electron chi connectivity index (χ3n) is 3.48. The molecule has 0 bridgehead atoms. The van der Waals surface area contributed by atoms with E-state index in [1.807, 2.05) is 0 Å². The first-order valence-corrected chi connectivity index (χ1v) is 9.57. The molecule has 0 heterocycles. The molecule has 0 radical (unpaired) electrons. The van der Waals surface area contributed by atoms with Gasteiger partial charge in [-0.15, -0.1) is 0 Å². The average Bonchev–Trinajstić information content (AvgIpc) is 2.85. The molecule has 0 unspecified atom stereocenters. The van der Waals surface area contributed by atoms with Gasteiger partial charge in [-0.1, -0.05) is 0 Å². The van der Waals surface area contributed by atoms with Gasteiger partial charge in [-0.2, -0.15) is 0 Å². The first kappa shape index (κ1) is 46.7. The molecule has 0 fully saturated rings. The Hall–Kier alpha value is -2.59. The van der Waals surface area contributed by atoms with Crippen molar-refractivity contribution >= 4 is 22.8 Å². The normalized spacial score (nSPS) is 12.6. The minimum absolute atomic E-state index is 0. The second-order valence-corrected chi connectivity index (χ2v) is 6.63. The van der Waals surface area contributed by atoms with Gasteiger partial charge in [0.15, 0.2) is 0 Å². The van der Waals surface area contributed by atoms with E-state index in [9.17, 15) is 41.7 Å². The fraction of sp³-hybridized carbons (Fsp3) is 0.444. The average molecular weight is 606 g/mol. The van der Waals surface area contributed by atoms with Gasteiger partial charge >= 0.3 is 121 Å². The maximum Gasteiger partial charge on any atom is 0.0465 e. The van der Waals surface area contributed by atoms with Crippen molar-refractivity contribution in [2.75, 3.05) is 0 Å². The first-order chi connectivity index (χ1) is 15.6. The van der Waals surface area contributed by atoms with Crippen LogP contribution in [0.25, 0.3) is 0 Å². The summed E-state index contributed by atoms with van der Waals surface area (Å²) < 4.78 is 0.653. The Morgan fingerprint density at radius 1 is 0.528 bits per heavy atom. The molecule has 0 atom stereocenters. The fourth-order valence-corrected chi connectivity index (χ4v) is 1.01. The minimum atomic E-state index is 0. The summed E-state index contributed by atoms with van der Waals surface area (Å²) in [5.41, 5.74) is 4.81. The van der Waals surface area contributed by atoms with Gasteiger partial charge in [-0.3, -0.25) is 0 Å². The molecule has 18 heteroatoms. The molecule has 0 aromatic heterocycles. The van der Waals surface area contributed by atoms with Crippen molar-refractivity contribution in [3.63, 3.8) is 0 Å². The molecule has 0 spiro atoms. The first-order valence-electron chi connectivity index (χ1n) is 8.64. The predicted molar refractivity (Wildman–Crippen MR) is 136 cm³/mol. The van der Waals surface area contributed by atoms with Crippen LogP contribution in [0, 0.1) is 56.5 Å². The van der Waals surface area contributed by atoms with Gasteiger partial charge in [0.2, 0.25) is 0 Å². The van der Waals surface area contributed by atoms with Crippen molar-refractivity contribution < 1.29 is 38.6 Å². The second-order valence-electron chi connectivity index (χ2n) is 5.79. The SMILES string of the molecule is C/C(N[O-])=C(\C)[N+]([O-])=[Co].C/C(N[O-])=C(\C)[N+]([O-])=[Co].CC(=N\[O-])/C(C)=N/[O-].CC(=N\[O-])/C(C)=N/[O-].[CH3-].[CH3-]. The van der Waals surface area contributed by atoms with E-state index in [4.69, 9.17) is 0 Å². The Bertz CT molecular complexity index is 741. The summed E-state index contributed by atoms with van der Waals surface area (Å²) >= 11 is 6.95. The number of hydrogen-bond donors (Lipinski definition) is 2. The van der Waals surface area contributed by atoms with E-state index >= 15 is 0 Å². The summed E-state index contributed by atoms with van der Waals surface area (Å²) in [6, 6.07) is 0. The van der Waals surface area contributed by atoms with Crippen molar-refractivity contribution in [2.45, 2.75) is 55.4 Å². The van der Waals surface area contributed by atoms with Gasteiger partial charge in [0.1, 0.15) is 0 Å². The zero-order valence-electron chi connectivity index (χ0n) is 21.6. The van der Waals surface area contributed by atoms with Crippen LogP contribution in [-0.2, 0) is 31.1 Å². The Morgan fingerprint density at radius 3 is 0.750 bits per heavy atom. The van der Waals surface area contributed by atoms with Crippen LogP contribution in [0.3, 0.4) is 0 Å². The van der Waals surface area contributed by atoms with Gasteiger partial charge in [-0.05, 0) is 27.7 Å². The van der Waals surface area contributed by atoms with E-state index in [0.29, 0.717) is 7.48 Å². The molecule has 0 aliphatic carbocycles.